The topological polar surface area (TPSA) is 71.1 Å². The smallest absolute Gasteiger partial charge is 0.267 e. The summed E-state index contributed by atoms with van der Waals surface area (Å²) in [7, 11) is 0. The molecule has 2 rings (SSSR count). The van der Waals surface area contributed by atoms with Gasteiger partial charge in [0.2, 0.25) is 5.91 Å². The highest BCUT2D eigenvalue weighted by molar-refractivity contribution is 7.12. The van der Waals surface area contributed by atoms with Gasteiger partial charge in [-0.25, -0.2) is 9.37 Å². The number of rotatable bonds is 5. The first kappa shape index (κ1) is 16.8. The van der Waals surface area contributed by atoms with E-state index in [-0.39, 0.29) is 17.5 Å². The van der Waals surface area contributed by atoms with Crippen molar-refractivity contribution in [3.63, 3.8) is 0 Å². The van der Waals surface area contributed by atoms with Crippen LogP contribution in [0.25, 0.3) is 0 Å². The molecule has 0 spiro atoms. The number of benzene rings is 1. The SMILES string of the molecule is C=CC(=O)Nc1cc(NC(=O)c2scnc2C(C)C)ccc1F. The van der Waals surface area contributed by atoms with E-state index in [0.29, 0.717) is 10.6 Å². The summed E-state index contributed by atoms with van der Waals surface area (Å²) >= 11 is 1.25. The van der Waals surface area contributed by atoms with Crippen molar-refractivity contribution in [1.82, 2.24) is 4.98 Å². The van der Waals surface area contributed by atoms with Crippen LogP contribution in [0.1, 0.15) is 35.1 Å². The summed E-state index contributed by atoms with van der Waals surface area (Å²) in [6, 6.07) is 3.95. The Hall–Kier alpha value is -2.54. The molecule has 0 atom stereocenters. The average Bonchev–Trinajstić information content (AvgIpc) is 3.00. The van der Waals surface area contributed by atoms with Gasteiger partial charge >= 0.3 is 0 Å². The Kier molecular flexibility index (Phi) is 5.23. The molecule has 1 aromatic carbocycles. The van der Waals surface area contributed by atoms with Crippen LogP contribution >= 0.6 is 11.3 Å². The molecule has 0 aliphatic heterocycles. The van der Waals surface area contributed by atoms with Crippen molar-refractivity contribution in [1.29, 1.82) is 0 Å². The van der Waals surface area contributed by atoms with Crippen LogP contribution in [0.5, 0.6) is 0 Å². The van der Waals surface area contributed by atoms with Crippen molar-refractivity contribution in [3.8, 4) is 0 Å². The lowest BCUT2D eigenvalue weighted by Gasteiger charge is -2.10. The molecule has 7 heteroatoms. The number of hydrogen-bond acceptors (Lipinski definition) is 4. The molecular weight excluding hydrogens is 317 g/mol. The van der Waals surface area contributed by atoms with Gasteiger partial charge in [-0.05, 0) is 30.2 Å². The lowest BCUT2D eigenvalue weighted by molar-refractivity contribution is -0.111. The van der Waals surface area contributed by atoms with Gasteiger partial charge in [0.05, 0.1) is 16.9 Å². The summed E-state index contributed by atoms with van der Waals surface area (Å²) in [5.41, 5.74) is 2.68. The van der Waals surface area contributed by atoms with Gasteiger partial charge in [0.25, 0.3) is 5.91 Å². The number of carbonyl (C=O) groups excluding carboxylic acids is 2. The van der Waals surface area contributed by atoms with Crippen LogP contribution in [0.15, 0.2) is 36.4 Å². The number of anilines is 2. The first-order valence-electron chi connectivity index (χ1n) is 6.90. The first-order chi connectivity index (χ1) is 10.9. The molecular formula is C16H16FN3O2S. The van der Waals surface area contributed by atoms with Crippen molar-refractivity contribution >= 4 is 34.5 Å². The molecule has 120 valence electrons. The molecule has 23 heavy (non-hydrogen) atoms. The third-order valence-electron chi connectivity index (χ3n) is 3.02. The maximum absolute atomic E-state index is 13.7. The number of nitrogens with one attached hydrogen (secondary N) is 2. The van der Waals surface area contributed by atoms with Gasteiger partial charge in [0, 0.05) is 5.69 Å². The van der Waals surface area contributed by atoms with Crippen LogP contribution in [0.3, 0.4) is 0 Å². The second kappa shape index (κ2) is 7.15. The number of hydrogen-bond donors (Lipinski definition) is 2. The molecule has 5 nitrogen and oxygen atoms in total. The maximum atomic E-state index is 13.7. The number of thiazole rings is 1. The molecule has 0 saturated carbocycles. The first-order valence-corrected chi connectivity index (χ1v) is 7.78. The zero-order chi connectivity index (χ0) is 17.0. The number of amides is 2. The fourth-order valence-corrected chi connectivity index (χ4v) is 2.75. The normalized spacial score (nSPS) is 10.4. The van der Waals surface area contributed by atoms with E-state index in [4.69, 9.17) is 0 Å². The van der Waals surface area contributed by atoms with Crippen LogP contribution in [-0.2, 0) is 4.79 Å². The third-order valence-corrected chi connectivity index (χ3v) is 3.86. The van der Waals surface area contributed by atoms with Crippen LogP contribution in [-0.4, -0.2) is 16.8 Å². The molecule has 0 aliphatic carbocycles. The Labute approximate surface area is 137 Å². The van der Waals surface area contributed by atoms with Crippen molar-refractivity contribution in [2.45, 2.75) is 19.8 Å². The molecule has 0 fully saturated rings. The Morgan fingerprint density at radius 2 is 2.09 bits per heavy atom. The van der Waals surface area contributed by atoms with Gasteiger partial charge < -0.3 is 10.6 Å². The van der Waals surface area contributed by atoms with Gasteiger partial charge in [-0.15, -0.1) is 11.3 Å². The highest BCUT2D eigenvalue weighted by atomic mass is 32.1. The quantitative estimate of drug-likeness (QED) is 0.818. The summed E-state index contributed by atoms with van der Waals surface area (Å²) < 4.78 is 13.7. The minimum Gasteiger partial charge on any atom is -0.321 e. The van der Waals surface area contributed by atoms with Gasteiger partial charge in [-0.1, -0.05) is 20.4 Å². The summed E-state index contributed by atoms with van der Waals surface area (Å²) in [4.78, 5) is 28.3. The average molecular weight is 333 g/mol. The van der Waals surface area contributed by atoms with Gasteiger partial charge in [-0.3, -0.25) is 9.59 Å². The van der Waals surface area contributed by atoms with Crippen molar-refractivity contribution in [2.75, 3.05) is 10.6 Å². The molecule has 0 unspecified atom stereocenters. The second-order valence-corrected chi connectivity index (χ2v) is 5.92. The highest BCUT2D eigenvalue weighted by Crippen LogP contribution is 2.24. The molecule has 2 amide bonds. The highest BCUT2D eigenvalue weighted by Gasteiger charge is 2.17. The third kappa shape index (κ3) is 4.01. The summed E-state index contributed by atoms with van der Waals surface area (Å²) in [6.45, 7) is 7.21. The molecule has 0 bridgehead atoms. The lowest BCUT2D eigenvalue weighted by Crippen LogP contribution is -2.14. The number of halogens is 1. The van der Waals surface area contributed by atoms with E-state index >= 15 is 0 Å². The number of carbonyl (C=O) groups is 2. The monoisotopic (exact) mass is 333 g/mol. The van der Waals surface area contributed by atoms with Crippen LogP contribution in [0.4, 0.5) is 15.8 Å². The fraction of sp³-hybridized carbons (Fsp3) is 0.188. The largest absolute Gasteiger partial charge is 0.321 e. The van der Waals surface area contributed by atoms with E-state index < -0.39 is 11.7 Å². The molecule has 0 aliphatic rings. The van der Waals surface area contributed by atoms with Crippen LogP contribution in [0.2, 0.25) is 0 Å². The zero-order valence-electron chi connectivity index (χ0n) is 12.7. The van der Waals surface area contributed by atoms with Gasteiger partial charge in [0.1, 0.15) is 10.7 Å². The fourth-order valence-electron chi connectivity index (χ4n) is 1.91. The van der Waals surface area contributed by atoms with E-state index in [0.717, 1.165) is 11.8 Å². The van der Waals surface area contributed by atoms with Gasteiger partial charge in [-0.2, -0.15) is 0 Å². The molecule has 2 N–H and O–H groups in total. The lowest BCUT2D eigenvalue weighted by atomic mass is 10.1. The van der Waals surface area contributed by atoms with Crippen molar-refractivity contribution < 1.29 is 14.0 Å². The van der Waals surface area contributed by atoms with Gasteiger partial charge in [0.15, 0.2) is 0 Å². The number of nitrogens with zero attached hydrogens (tertiary/aromatic N) is 1. The van der Waals surface area contributed by atoms with Crippen molar-refractivity contribution in [2.24, 2.45) is 0 Å². The standard InChI is InChI=1S/C16H16FN3O2S/c1-4-13(21)20-12-7-10(5-6-11(12)17)19-16(22)15-14(9(2)3)18-8-23-15/h4-9H,1H2,2-3H3,(H,19,22)(H,20,21). The molecule has 1 aromatic heterocycles. The van der Waals surface area contributed by atoms with Crippen molar-refractivity contribution in [3.05, 3.63) is 52.8 Å². The molecule has 0 radical (unpaired) electrons. The van der Waals surface area contributed by atoms with E-state index in [1.54, 1.807) is 5.51 Å². The van der Waals surface area contributed by atoms with Crippen LogP contribution in [0, 0.1) is 5.82 Å². The predicted molar refractivity (Wildman–Crippen MR) is 89.4 cm³/mol. The minimum absolute atomic E-state index is 0.0268. The van der Waals surface area contributed by atoms with E-state index in [1.807, 2.05) is 13.8 Å². The minimum atomic E-state index is -0.598. The molecule has 2 aromatic rings. The Morgan fingerprint density at radius 1 is 1.35 bits per heavy atom. The molecule has 0 saturated heterocycles. The second-order valence-electron chi connectivity index (χ2n) is 5.06. The number of aromatic nitrogens is 1. The van der Waals surface area contributed by atoms with E-state index in [9.17, 15) is 14.0 Å². The zero-order valence-corrected chi connectivity index (χ0v) is 13.5. The van der Waals surface area contributed by atoms with E-state index in [2.05, 4.69) is 22.2 Å². The summed E-state index contributed by atoms with van der Waals surface area (Å²) in [5, 5.41) is 5.03. The van der Waals surface area contributed by atoms with E-state index in [1.165, 1.54) is 29.5 Å². The molecule has 1 heterocycles. The Balaban J connectivity index is 2.21. The van der Waals surface area contributed by atoms with Crippen LogP contribution < -0.4 is 10.6 Å². The predicted octanol–water partition coefficient (Wildman–Crippen LogP) is 3.78. The Bertz CT molecular complexity index is 756. The maximum Gasteiger partial charge on any atom is 0.267 e. The summed E-state index contributed by atoms with van der Waals surface area (Å²) in [6.07, 6.45) is 1.04. The summed E-state index contributed by atoms with van der Waals surface area (Å²) in [5.74, 6) is -1.32. The Morgan fingerprint density at radius 3 is 2.74 bits per heavy atom.